The van der Waals surface area contributed by atoms with Crippen molar-refractivity contribution < 1.29 is 4.79 Å². The van der Waals surface area contributed by atoms with Gasteiger partial charge in [0.05, 0.1) is 6.04 Å². The highest BCUT2D eigenvalue weighted by Crippen LogP contribution is 2.04. The quantitative estimate of drug-likeness (QED) is 0.733. The molecule has 0 fully saturated rings. The lowest BCUT2D eigenvalue weighted by Gasteiger charge is -2.11. The summed E-state index contributed by atoms with van der Waals surface area (Å²) in [6.45, 7) is 0. The van der Waals surface area contributed by atoms with Crippen molar-refractivity contribution in [2.24, 2.45) is 5.73 Å². The smallest absolute Gasteiger partial charge is 0.264 e. The van der Waals surface area contributed by atoms with E-state index in [1.54, 1.807) is 0 Å². The fourth-order valence-corrected chi connectivity index (χ4v) is 1.59. The Kier molecular flexibility index (Phi) is 4.04. The maximum absolute atomic E-state index is 11.8. The number of anilines is 1. The molecule has 1 heterocycles. The molecule has 1 aromatic heterocycles. The highest BCUT2D eigenvalue weighted by molar-refractivity contribution is 5.93. The summed E-state index contributed by atoms with van der Waals surface area (Å²) in [5.41, 5.74) is 6.47. The van der Waals surface area contributed by atoms with Crippen LogP contribution in [0.15, 0.2) is 47.3 Å². The van der Waals surface area contributed by atoms with E-state index < -0.39 is 6.04 Å². The lowest BCUT2D eigenvalue weighted by Crippen LogP contribution is -2.37. The van der Waals surface area contributed by atoms with Gasteiger partial charge in [-0.15, -0.1) is 0 Å². The Morgan fingerprint density at radius 3 is 2.63 bits per heavy atom. The lowest BCUT2D eigenvalue weighted by molar-refractivity contribution is -0.117. The van der Waals surface area contributed by atoms with Gasteiger partial charge in [0.1, 0.15) is 0 Å². The molecular formula is C13H14N4O2. The number of carbonyl (C=O) groups excluding carboxylic acids is 1. The molecule has 0 radical (unpaired) electrons. The zero-order valence-corrected chi connectivity index (χ0v) is 10.2. The molecule has 1 amide bonds. The molecule has 1 atom stereocenters. The molecular weight excluding hydrogens is 244 g/mol. The average Bonchev–Trinajstić information content (AvgIpc) is 2.42. The van der Waals surface area contributed by atoms with E-state index in [-0.39, 0.29) is 17.3 Å². The Morgan fingerprint density at radius 1 is 1.26 bits per heavy atom. The van der Waals surface area contributed by atoms with E-state index in [2.05, 4.69) is 15.5 Å². The van der Waals surface area contributed by atoms with Crippen LogP contribution in [-0.2, 0) is 11.2 Å². The molecule has 0 unspecified atom stereocenters. The van der Waals surface area contributed by atoms with Crippen molar-refractivity contribution in [3.05, 3.63) is 58.4 Å². The molecule has 0 saturated carbocycles. The normalized spacial score (nSPS) is 11.8. The number of rotatable bonds is 4. The van der Waals surface area contributed by atoms with Crippen LogP contribution in [0.5, 0.6) is 0 Å². The summed E-state index contributed by atoms with van der Waals surface area (Å²) >= 11 is 0. The van der Waals surface area contributed by atoms with Gasteiger partial charge in [0.25, 0.3) is 5.56 Å². The van der Waals surface area contributed by atoms with Gasteiger partial charge in [0, 0.05) is 6.07 Å². The van der Waals surface area contributed by atoms with Crippen molar-refractivity contribution in [1.29, 1.82) is 0 Å². The molecule has 2 aromatic rings. The van der Waals surface area contributed by atoms with Gasteiger partial charge >= 0.3 is 0 Å². The third-order valence-corrected chi connectivity index (χ3v) is 2.57. The molecule has 0 saturated heterocycles. The van der Waals surface area contributed by atoms with Crippen molar-refractivity contribution in [2.75, 3.05) is 5.32 Å². The maximum atomic E-state index is 11.8. The number of hydrogen-bond donors (Lipinski definition) is 3. The summed E-state index contributed by atoms with van der Waals surface area (Å²) in [4.78, 5) is 22.7. The van der Waals surface area contributed by atoms with E-state index >= 15 is 0 Å². The van der Waals surface area contributed by atoms with Crippen LogP contribution in [0.3, 0.4) is 0 Å². The van der Waals surface area contributed by atoms with Gasteiger partial charge < -0.3 is 11.1 Å². The third kappa shape index (κ3) is 3.75. The Labute approximate surface area is 109 Å². The first-order valence-corrected chi connectivity index (χ1v) is 5.81. The summed E-state index contributed by atoms with van der Waals surface area (Å²) in [5.74, 6) is -0.0727. The van der Waals surface area contributed by atoms with Gasteiger partial charge in [-0.2, -0.15) is 5.10 Å². The highest BCUT2D eigenvalue weighted by Gasteiger charge is 2.14. The van der Waals surface area contributed by atoms with Crippen molar-refractivity contribution >= 4 is 11.7 Å². The van der Waals surface area contributed by atoms with E-state index in [9.17, 15) is 9.59 Å². The molecule has 1 aromatic carbocycles. The van der Waals surface area contributed by atoms with Crippen LogP contribution in [0.1, 0.15) is 5.56 Å². The van der Waals surface area contributed by atoms with Gasteiger partial charge in [-0.1, -0.05) is 30.3 Å². The number of nitrogens with zero attached hydrogens (tertiary/aromatic N) is 1. The fourth-order valence-electron chi connectivity index (χ4n) is 1.59. The maximum Gasteiger partial charge on any atom is 0.264 e. The summed E-state index contributed by atoms with van der Waals surface area (Å²) in [6.07, 6.45) is 0.441. The van der Waals surface area contributed by atoms with Crippen LogP contribution >= 0.6 is 0 Å². The molecule has 0 aliphatic rings. The van der Waals surface area contributed by atoms with Crippen LogP contribution in [0.4, 0.5) is 5.82 Å². The number of carbonyl (C=O) groups is 1. The van der Waals surface area contributed by atoms with Gasteiger partial charge in [0.15, 0.2) is 5.82 Å². The minimum Gasteiger partial charge on any atom is -0.320 e. The Hall–Kier alpha value is -2.47. The van der Waals surface area contributed by atoms with Gasteiger partial charge in [-0.25, -0.2) is 5.10 Å². The zero-order chi connectivity index (χ0) is 13.7. The summed E-state index contributed by atoms with van der Waals surface area (Å²) in [6, 6.07) is 11.5. The highest BCUT2D eigenvalue weighted by atomic mass is 16.2. The molecule has 0 aliphatic heterocycles. The molecule has 0 bridgehead atoms. The monoisotopic (exact) mass is 258 g/mol. The van der Waals surface area contributed by atoms with Crippen LogP contribution in [0.2, 0.25) is 0 Å². The van der Waals surface area contributed by atoms with Crippen LogP contribution < -0.4 is 16.6 Å². The SMILES string of the molecule is N[C@@H](Cc1ccccc1)C(=O)Nc1ccc(=O)[nH]n1. The van der Waals surface area contributed by atoms with E-state index in [4.69, 9.17) is 5.73 Å². The van der Waals surface area contributed by atoms with E-state index in [0.717, 1.165) is 5.56 Å². The fraction of sp³-hybridized carbons (Fsp3) is 0.154. The summed E-state index contributed by atoms with van der Waals surface area (Å²) < 4.78 is 0. The molecule has 4 N–H and O–H groups in total. The number of aromatic amines is 1. The molecule has 2 rings (SSSR count). The largest absolute Gasteiger partial charge is 0.320 e. The number of nitrogens with two attached hydrogens (primary N) is 1. The molecule has 98 valence electrons. The molecule has 0 spiro atoms. The van der Waals surface area contributed by atoms with E-state index in [0.29, 0.717) is 6.42 Å². The first-order chi connectivity index (χ1) is 9.15. The van der Waals surface area contributed by atoms with Crippen molar-refractivity contribution in [1.82, 2.24) is 10.2 Å². The number of benzene rings is 1. The second-order valence-corrected chi connectivity index (χ2v) is 4.09. The lowest BCUT2D eigenvalue weighted by atomic mass is 10.1. The second kappa shape index (κ2) is 5.92. The Balaban J connectivity index is 1.96. The number of hydrogen-bond acceptors (Lipinski definition) is 4. The van der Waals surface area contributed by atoms with Crippen LogP contribution in [-0.4, -0.2) is 22.1 Å². The summed E-state index contributed by atoms with van der Waals surface area (Å²) in [7, 11) is 0. The minimum atomic E-state index is -0.670. The van der Waals surface area contributed by atoms with E-state index in [1.807, 2.05) is 30.3 Å². The molecule has 6 heteroatoms. The van der Waals surface area contributed by atoms with Crippen LogP contribution in [0.25, 0.3) is 0 Å². The number of nitrogens with one attached hydrogen (secondary N) is 2. The van der Waals surface area contributed by atoms with Gasteiger partial charge in [-0.05, 0) is 18.1 Å². The molecule has 19 heavy (non-hydrogen) atoms. The van der Waals surface area contributed by atoms with Crippen molar-refractivity contribution in [3.63, 3.8) is 0 Å². The van der Waals surface area contributed by atoms with E-state index in [1.165, 1.54) is 12.1 Å². The van der Waals surface area contributed by atoms with Crippen LogP contribution in [0, 0.1) is 0 Å². The van der Waals surface area contributed by atoms with Crippen molar-refractivity contribution in [3.8, 4) is 0 Å². The zero-order valence-electron chi connectivity index (χ0n) is 10.2. The third-order valence-electron chi connectivity index (χ3n) is 2.57. The van der Waals surface area contributed by atoms with Gasteiger partial charge in [-0.3, -0.25) is 9.59 Å². The standard InChI is InChI=1S/C13H14N4O2/c14-10(8-9-4-2-1-3-5-9)13(19)15-11-6-7-12(18)17-16-11/h1-7,10H,8,14H2,(H,17,18)(H,15,16,19)/t10-/m0/s1. The summed E-state index contributed by atoms with van der Waals surface area (Å²) in [5, 5.41) is 8.46. The number of H-pyrrole nitrogens is 1. The number of aromatic nitrogens is 2. The molecule has 0 aliphatic carbocycles. The topological polar surface area (TPSA) is 101 Å². The molecule has 6 nitrogen and oxygen atoms in total. The number of amides is 1. The second-order valence-electron chi connectivity index (χ2n) is 4.09. The predicted molar refractivity (Wildman–Crippen MR) is 71.6 cm³/mol. The predicted octanol–water partition coefficient (Wildman–Crippen LogP) is 0.278. The Morgan fingerprint density at radius 2 is 2.00 bits per heavy atom. The first-order valence-electron chi connectivity index (χ1n) is 5.81. The van der Waals surface area contributed by atoms with Crippen molar-refractivity contribution in [2.45, 2.75) is 12.5 Å². The van der Waals surface area contributed by atoms with Gasteiger partial charge in [0.2, 0.25) is 5.91 Å². The Bertz CT molecular complexity index is 589. The minimum absolute atomic E-state index is 0.271. The first kappa shape index (κ1) is 13.0. The average molecular weight is 258 g/mol.